The number of esters is 2. The summed E-state index contributed by atoms with van der Waals surface area (Å²) in [6, 6.07) is 0.830. The van der Waals surface area contributed by atoms with Crippen LogP contribution in [0.4, 0.5) is 0 Å². The molecule has 1 heterocycles. The molecule has 0 aromatic heterocycles. The van der Waals surface area contributed by atoms with Crippen molar-refractivity contribution in [3.05, 3.63) is 22.8 Å². The van der Waals surface area contributed by atoms with E-state index in [2.05, 4.69) is 73.0 Å². The summed E-state index contributed by atoms with van der Waals surface area (Å²) in [4.78, 5) is 50.8. The maximum absolute atomic E-state index is 13.6. The second-order valence-corrected chi connectivity index (χ2v) is 23.6. The predicted octanol–water partition coefficient (Wildman–Crippen LogP) is 5.39. The zero-order valence-electron chi connectivity index (χ0n) is 26.0. The van der Waals surface area contributed by atoms with E-state index in [1.54, 1.807) is 6.92 Å². The maximum atomic E-state index is 13.6. The topological polar surface area (TPSA) is 117 Å². The predicted molar refractivity (Wildman–Crippen MR) is 162 cm³/mol. The number of rotatable bonds is 5. The van der Waals surface area contributed by atoms with Gasteiger partial charge in [-0.1, -0.05) is 41.5 Å². The van der Waals surface area contributed by atoms with Crippen LogP contribution in [-0.4, -0.2) is 65.8 Å². The highest BCUT2D eigenvalue weighted by Crippen LogP contribution is 2.45. The molecule has 1 atom stereocenters. The first kappa shape index (κ1) is 33.9. The molecule has 0 unspecified atom stereocenters. The van der Waals surface area contributed by atoms with Crippen LogP contribution < -0.4 is 14.2 Å². The highest BCUT2D eigenvalue weighted by molar-refractivity contribution is 7.98. The van der Waals surface area contributed by atoms with E-state index in [4.69, 9.17) is 18.3 Å². The summed E-state index contributed by atoms with van der Waals surface area (Å²) in [5.41, 5.74) is 1.43. The Labute approximate surface area is 244 Å². The Kier molecular flexibility index (Phi) is 10.4. The zero-order valence-corrected chi connectivity index (χ0v) is 28.8. The second kappa shape index (κ2) is 12.3. The Morgan fingerprint density at radius 1 is 0.975 bits per heavy atom. The molecule has 0 bridgehead atoms. The van der Waals surface area contributed by atoms with Crippen LogP contribution in [-0.2, 0) is 29.6 Å². The normalized spacial score (nSPS) is 18.0. The average molecular weight is 612 g/mol. The van der Waals surface area contributed by atoms with Crippen molar-refractivity contribution < 1.29 is 37.5 Å². The van der Waals surface area contributed by atoms with Gasteiger partial charge in [-0.2, -0.15) is 11.8 Å². The minimum atomic E-state index is -2.38. The van der Waals surface area contributed by atoms with Gasteiger partial charge in [0, 0.05) is 28.7 Å². The van der Waals surface area contributed by atoms with Crippen molar-refractivity contribution in [1.82, 2.24) is 5.32 Å². The van der Waals surface area contributed by atoms with Gasteiger partial charge in [-0.15, -0.1) is 0 Å². The third-order valence-corrected chi connectivity index (χ3v) is 17.8. The van der Waals surface area contributed by atoms with Crippen LogP contribution in [0.2, 0.25) is 36.3 Å². The third-order valence-electron chi connectivity index (χ3n) is 8.06. The van der Waals surface area contributed by atoms with E-state index >= 15 is 0 Å². The first-order chi connectivity index (χ1) is 18.1. The van der Waals surface area contributed by atoms with E-state index in [1.165, 1.54) is 18.9 Å². The van der Waals surface area contributed by atoms with E-state index < -0.39 is 52.9 Å². The lowest BCUT2D eigenvalue weighted by molar-refractivity contribution is -0.146. The fourth-order valence-corrected chi connectivity index (χ4v) is 6.53. The van der Waals surface area contributed by atoms with Crippen molar-refractivity contribution in [2.75, 3.05) is 19.5 Å². The number of carbonyl (C=O) groups is 4. The quantitative estimate of drug-likeness (QED) is 0.266. The zero-order chi connectivity index (χ0) is 30.8. The molecule has 0 fully saturated rings. The lowest BCUT2D eigenvalue weighted by Gasteiger charge is -2.39. The van der Waals surface area contributed by atoms with Crippen molar-refractivity contribution in [1.29, 1.82) is 0 Å². The molecule has 12 heteroatoms. The molecule has 0 radical (unpaired) electrons. The standard InChI is InChI=1S/C28H45NO8SSi2/c1-17-21(36-39(9,10)27(2,3)4)13-22(37-40(11,12)28(5,6)7)18-15-38-16-19(25(32)34-8)29-24(31)20(30)14-35-26(33)23(17)18/h13,19H,14-16H2,1-12H3,(H,29,31)/t19-/m0/s1. The van der Waals surface area contributed by atoms with Crippen molar-refractivity contribution >= 4 is 52.0 Å². The molecule has 0 spiro atoms. The van der Waals surface area contributed by atoms with E-state index in [0.29, 0.717) is 22.6 Å². The number of Topliss-reactive ketones (excluding diaryl/α,β-unsaturated/α-hetero) is 1. The Morgan fingerprint density at radius 3 is 2.00 bits per heavy atom. The van der Waals surface area contributed by atoms with E-state index in [1.807, 2.05) is 6.07 Å². The number of amides is 1. The number of thioether (sulfide) groups is 1. The van der Waals surface area contributed by atoms with Gasteiger partial charge in [0.15, 0.2) is 6.61 Å². The largest absolute Gasteiger partial charge is 0.543 e. The SMILES string of the molecule is COC(=O)[C@@H]1CSCc2c(O[Si](C)(C)C(C)(C)C)cc(O[Si](C)(C)C(C)(C)C)c(C)c2C(=O)OCC(=O)C(=O)N1. The van der Waals surface area contributed by atoms with Crippen LogP contribution in [0.5, 0.6) is 11.5 Å². The summed E-state index contributed by atoms with van der Waals surface area (Å²) in [6.45, 7) is 22.3. The smallest absolute Gasteiger partial charge is 0.339 e. The van der Waals surface area contributed by atoms with Crippen molar-refractivity contribution in [3.8, 4) is 11.5 Å². The Balaban J connectivity index is 2.78. The Hall–Kier alpha value is -2.32. The van der Waals surface area contributed by atoms with Gasteiger partial charge in [-0.05, 0) is 43.2 Å². The molecular formula is C28H45NO8SSi2. The number of methoxy groups -OCH3 is 1. The van der Waals surface area contributed by atoms with E-state index in [9.17, 15) is 19.2 Å². The number of fused-ring (bicyclic) bond motifs is 1. The van der Waals surface area contributed by atoms with Gasteiger partial charge in [0.2, 0.25) is 16.6 Å². The number of carbonyl (C=O) groups excluding carboxylic acids is 4. The molecule has 9 nitrogen and oxygen atoms in total. The molecule has 40 heavy (non-hydrogen) atoms. The lowest BCUT2D eigenvalue weighted by atomic mass is 10.0. The van der Waals surface area contributed by atoms with Gasteiger partial charge < -0.3 is 23.6 Å². The number of hydrogen-bond acceptors (Lipinski definition) is 9. The van der Waals surface area contributed by atoms with Crippen molar-refractivity contribution in [3.63, 3.8) is 0 Å². The monoisotopic (exact) mass is 611 g/mol. The number of ketones is 1. The summed E-state index contributed by atoms with van der Waals surface area (Å²) in [6.07, 6.45) is 0. The molecule has 1 aliphatic heterocycles. The molecule has 1 N–H and O–H groups in total. The van der Waals surface area contributed by atoms with E-state index in [0.717, 1.165) is 0 Å². The minimum absolute atomic E-state index is 0.102. The van der Waals surface area contributed by atoms with Crippen LogP contribution >= 0.6 is 11.8 Å². The average Bonchev–Trinajstić information content (AvgIpc) is 2.81. The summed E-state index contributed by atoms with van der Waals surface area (Å²) in [5.74, 6) is -1.93. The summed E-state index contributed by atoms with van der Waals surface area (Å²) >= 11 is 1.32. The van der Waals surface area contributed by atoms with Gasteiger partial charge in [0.25, 0.3) is 11.7 Å². The number of nitrogens with one attached hydrogen (secondary N) is 1. The fraction of sp³-hybridized carbons (Fsp3) is 0.643. The third kappa shape index (κ3) is 7.70. The van der Waals surface area contributed by atoms with Crippen LogP contribution in [0, 0.1) is 6.92 Å². The summed E-state index contributed by atoms with van der Waals surface area (Å²) < 4.78 is 23.7. The highest BCUT2D eigenvalue weighted by atomic mass is 32.2. The molecule has 1 aromatic rings. The molecule has 1 aromatic carbocycles. The number of cyclic esters (lactones) is 1. The Bertz CT molecular complexity index is 1170. The molecule has 2 rings (SSSR count). The van der Waals surface area contributed by atoms with Gasteiger partial charge in [0.05, 0.1) is 12.7 Å². The van der Waals surface area contributed by atoms with E-state index in [-0.39, 0.29) is 27.1 Å². The summed E-state index contributed by atoms with van der Waals surface area (Å²) in [5, 5.41) is 2.16. The van der Waals surface area contributed by atoms with Gasteiger partial charge in [-0.3, -0.25) is 9.59 Å². The first-order valence-corrected chi connectivity index (χ1v) is 20.3. The first-order valence-electron chi connectivity index (χ1n) is 13.3. The molecular weight excluding hydrogens is 567 g/mol. The van der Waals surface area contributed by atoms with Crippen molar-refractivity contribution in [2.45, 2.75) is 96.5 Å². The number of benzene rings is 1. The van der Waals surface area contributed by atoms with Gasteiger partial charge in [0.1, 0.15) is 17.5 Å². The molecule has 224 valence electrons. The molecule has 1 aliphatic rings. The Morgan fingerprint density at radius 2 is 1.50 bits per heavy atom. The van der Waals surface area contributed by atoms with Crippen molar-refractivity contribution in [2.24, 2.45) is 0 Å². The van der Waals surface area contributed by atoms with Crippen LogP contribution in [0.25, 0.3) is 0 Å². The summed E-state index contributed by atoms with van der Waals surface area (Å²) in [7, 11) is -3.49. The number of ether oxygens (including phenoxy) is 2. The molecule has 0 aliphatic carbocycles. The van der Waals surface area contributed by atoms with Crippen LogP contribution in [0.1, 0.15) is 63.0 Å². The highest BCUT2D eigenvalue weighted by Gasteiger charge is 2.42. The fourth-order valence-electron chi connectivity index (χ4n) is 3.36. The van der Waals surface area contributed by atoms with Crippen LogP contribution in [0.15, 0.2) is 6.07 Å². The van der Waals surface area contributed by atoms with Gasteiger partial charge >= 0.3 is 11.9 Å². The number of hydrogen-bond donors (Lipinski definition) is 1. The second-order valence-electron chi connectivity index (χ2n) is 13.1. The van der Waals surface area contributed by atoms with Crippen LogP contribution in [0.3, 0.4) is 0 Å². The molecule has 0 saturated carbocycles. The minimum Gasteiger partial charge on any atom is -0.543 e. The van der Waals surface area contributed by atoms with Gasteiger partial charge in [-0.25, -0.2) is 9.59 Å². The molecule has 1 amide bonds. The lowest BCUT2D eigenvalue weighted by Crippen LogP contribution is -2.47. The maximum Gasteiger partial charge on any atom is 0.339 e. The molecule has 0 saturated heterocycles.